The first-order chi connectivity index (χ1) is 8.54. The third-order valence-corrected chi connectivity index (χ3v) is 2.47. The predicted octanol–water partition coefficient (Wildman–Crippen LogP) is 2.48. The Balaban J connectivity index is 2.51. The fraction of sp³-hybridized carbons (Fsp3) is 0.308. The highest BCUT2D eigenvalue weighted by molar-refractivity contribution is 5.86. The summed E-state index contributed by atoms with van der Waals surface area (Å²) >= 11 is 0. The molecular weight excluding hydrogens is 240 g/mol. The van der Waals surface area contributed by atoms with E-state index in [1.54, 1.807) is 6.92 Å². The topological polar surface area (TPSA) is 49.3 Å². The van der Waals surface area contributed by atoms with Gasteiger partial charge in [0.1, 0.15) is 11.6 Å². The summed E-state index contributed by atoms with van der Waals surface area (Å²) in [5, 5.41) is 11.6. The second-order valence-electron chi connectivity index (χ2n) is 3.75. The summed E-state index contributed by atoms with van der Waals surface area (Å²) in [5.41, 5.74) is 0.513. The molecule has 0 spiro atoms. The molecule has 0 saturated carbocycles. The first-order valence-corrected chi connectivity index (χ1v) is 5.61. The van der Waals surface area contributed by atoms with Gasteiger partial charge in [-0.05, 0) is 24.6 Å². The fourth-order valence-corrected chi connectivity index (χ4v) is 1.46. The summed E-state index contributed by atoms with van der Waals surface area (Å²) in [6, 6.07) is 3.24. The lowest BCUT2D eigenvalue weighted by molar-refractivity contribution is -0.132. The SMILES string of the molecule is CC/C(=C/CNCc1cc(F)ccc1F)C(=O)O. The highest BCUT2D eigenvalue weighted by Gasteiger charge is 2.04. The molecule has 0 heterocycles. The number of benzene rings is 1. The molecule has 0 bridgehead atoms. The van der Waals surface area contributed by atoms with Crippen molar-refractivity contribution in [2.75, 3.05) is 6.54 Å². The number of hydrogen-bond acceptors (Lipinski definition) is 2. The summed E-state index contributed by atoms with van der Waals surface area (Å²) in [6.45, 7) is 2.19. The molecule has 0 aliphatic rings. The molecule has 0 aliphatic carbocycles. The summed E-state index contributed by atoms with van der Waals surface area (Å²) in [6.07, 6.45) is 1.95. The van der Waals surface area contributed by atoms with E-state index in [-0.39, 0.29) is 12.1 Å². The molecular formula is C13H15F2NO2. The molecule has 18 heavy (non-hydrogen) atoms. The first kappa shape index (κ1) is 14.3. The minimum absolute atomic E-state index is 0.150. The number of carbonyl (C=O) groups is 1. The van der Waals surface area contributed by atoms with Crippen LogP contribution in [0, 0.1) is 11.6 Å². The quantitative estimate of drug-likeness (QED) is 0.606. The van der Waals surface area contributed by atoms with Crippen LogP contribution in [-0.2, 0) is 11.3 Å². The Kier molecular flexibility index (Phi) is 5.45. The van der Waals surface area contributed by atoms with Crippen LogP contribution < -0.4 is 5.32 Å². The van der Waals surface area contributed by atoms with E-state index in [2.05, 4.69) is 5.32 Å². The summed E-state index contributed by atoms with van der Waals surface area (Å²) in [5.74, 6) is -1.94. The van der Waals surface area contributed by atoms with E-state index in [1.165, 1.54) is 6.08 Å². The molecule has 0 radical (unpaired) electrons. The molecule has 1 rings (SSSR count). The van der Waals surface area contributed by atoms with Gasteiger partial charge in [0.2, 0.25) is 0 Å². The van der Waals surface area contributed by atoms with Gasteiger partial charge in [-0.15, -0.1) is 0 Å². The van der Waals surface area contributed by atoms with Crippen molar-refractivity contribution in [1.29, 1.82) is 0 Å². The van der Waals surface area contributed by atoms with E-state index < -0.39 is 17.6 Å². The van der Waals surface area contributed by atoms with Crippen molar-refractivity contribution in [2.24, 2.45) is 0 Å². The molecule has 2 N–H and O–H groups in total. The Morgan fingerprint density at radius 3 is 2.78 bits per heavy atom. The summed E-state index contributed by atoms with van der Waals surface area (Å²) < 4.78 is 26.1. The van der Waals surface area contributed by atoms with Gasteiger partial charge in [-0.1, -0.05) is 13.0 Å². The smallest absolute Gasteiger partial charge is 0.331 e. The van der Waals surface area contributed by atoms with E-state index in [1.807, 2.05) is 0 Å². The zero-order chi connectivity index (χ0) is 13.5. The van der Waals surface area contributed by atoms with Crippen molar-refractivity contribution in [3.05, 3.63) is 47.0 Å². The Bertz CT molecular complexity index is 458. The molecule has 0 unspecified atom stereocenters. The van der Waals surface area contributed by atoms with Gasteiger partial charge in [0.25, 0.3) is 0 Å². The lowest BCUT2D eigenvalue weighted by Crippen LogP contribution is -2.15. The maximum absolute atomic E-state index is 13.2. The largest absolute Gasteiger partial charge is 0.478 e. The Morgan fingerprint density at radius 1 is 1.44 bits per heavy atom. The van der Waals surface area contributed by atoms with Gasteiger partial charge in [-0.3, -0.25) is 0 Å². The Labute approximate surface area is 104 Å². The molecule has 98 valence electrons. The second-order valence-corrected chi connectivity index (χ2v) is 3.75. The Hall–Kier alpha value is -1.75. The van der Waals surface area contributed by atoms with Gasteiger partial charge < -0.3 is 10.4 Å². The molecule has 3 nitrogen and oxygen atoms in total. The van der Waals surface area contributed by atoms with Crippen LogP contribution in [0.4, 0.5) is 8.78 Å². The fourth-order valence-electron chi connectivity index (χ4n) is 1.46. The van der Waals surface area contributed by atoms with Crippen LogP contribution in [0.3, 0.4) is 0 Å². The molecule has 0 aromatic heterocycles. The van der Waals surface area contributed by atoms with Gasteiger partial charge in [-0.25, -0.2) is 13.6 Å². The van der Waals surface area contributed by atoms with Crippen molar-refractivity contribution in [3.63, 3.8) is 0 Å². The molecule has 1 aromatic rings. The van der Waals surface area contributed by atoms with E-state index in [0.29, 0.717) is 18.5 Å². The zero-order valence-corrected chi connectivity index (χ0v) is 10.0. The van der Waals surface area contributed by atoms with Crippen molar-refractivity contribution in [1.82, 2.24) is 5.32 Å². The molecule has 1 aromatic carbocycles. The number of carboxylic acid groups (broad SMARTS) is 1. The number of hydrogen-bond donors (Lipinski definition) is 2. The third kappa shape index (κ3) is 4.25. The van der Waals surface area contributed by atoms with E-state index in [4.69, 9.17) is 5.11 Å². The normalized spacial score (nSPS) is 11.6. The van der Waals surface area contributed by atoms with Crippen molar-refractivity contribution in [3.8, 4) is 0 Å². The van der Waals surface area contributed by atoms with Crippen LogP contribution in [0.5, 0.6) is 0 Å². The lowest BCUT2D eigenvalue weighted by atomic mass is 10.2. The van der Waals surface area contributed by atoms with Crippen LogP contribution in [0.25, 0.3) is 0 Å². The van der Waals surface area contributed by atoms with E-state index in [9.17, 15) is 13.6 Å². The molecule has 0 aliphatic heterocycles. The van der Waals surface area contributed by atoms with Gasteiger partial charge in [0.05, 0.1) is 0 Å². The molecule has 0 saturated heterocycles. The highest BCUT2D eigenvalue weighted by Crippen LogP contribution is 2.09. The molecule has 0 amide bonds. The van der Waals surface area contributed by atoms with Gasteiger partial charge >= 0.3 is 5.97 Å². The average molecular weight is 255 g/mol. The number of aliphatic carboxylic acids is 1. The lowest BCUT2D eigenvalue weighted by Gasteiger charge is -2.04. The van der Waals surface area contributed by atoms with Crippen LogP contribution in [0.15, 0.2) is 29.8 Å². The van der Waals surface area contributed by atoms with E-state index >= 15 is 0 Å². The number of rotatable bonds is 6. The van der Waals surface area contributed by atoms with Gasteiger partial charge in [-0.2, -0.15) is 0 Å². The summed E-state index contributed by atoms with van der Waals surface area (Å²) in [4.78, 5) is 10.7. The Morgan fingerprint density at radius 2 is 2.17 bits per heavy atom. The van der Waals surface area contributed by atoms with Crippen LogP contribution in [0.2, 0.25) is 0 Å². The van der Waals surface area contributed by atoms with E-state index in [0.717, 1.165) is 18.2 Å². The standard InChI is InChI=1S/C13H15F2NO2/c1-2-9(13(17)18)5-6-16-8-10-7-11(14)3-4-12(10)15/h3-5,7,16H,2,6,8H2,1H3,(H,17,18)/b9-5-. The predicted molar refractivity (Wildman–Crippen MR) is 64.1 cm³/mol. The number of nitrogens with one attached hydrogen (secondary N) is 1. The molecule has 0 atom stereocenters. The maximum Gasteiger partial charge on any atom is 0.331 e. The van der Waals surface area contributed by atoms with Crippen LogP contribution in [0.1, 0.15) is 18.9 Å². The van der Waals surface area contributed by atoms with Gasteiger partial charge in [0, 0.05) is 24.2 Å². The van der Waals surface area contributed by atoms with Crippen LogP contribution >= 0.6 is 0 Å². The number of carboxylic acids is 1. The van der Waals surface area contributed by atoms with Crippen molar-refractivity contribution < 1.29 is 18.7 Å². The first-order valence-electron chi connectivity index (χ1n) is 5.61. The summed E-state index contributed by atoms with van der Waals surface area (Å²) in [7, 11) is 0. The van der Waals surface area contributed by atoms with Crippen molar-refractivity contribution in [2.45, 2.75) is 19.9 Å². The maximum atomic E-state index is 13.2. The van der Waals surface area contributed by atoms with Crippen molar-refractivity contribution >= 4 is 5.97 Å². The monoisotopic (exact) mass is 255 g/mol. The van der Waals surface area contributed by atoms with Crippen LogP contribution in [-0.4, -0.2) is 17.6 Å². The molecule has 5 heteroatoms. The minimum Gasteiger partial charge on any atom is -0.478 e. The highest BCUT2D eigenvalue weighted by atomic mass is 19.1. The third-order valence-electron chi connectivity index (χ3n) is 2.47. The zero-order valence-electron chi connectivity index (χ0n) is 10.0. The van der Waals surface area contributed by atoms with Gasteiger partial charge in [0.15, 0.2) is 0 Å². The minimum atomic E-state index is -0.962. The second kappa shape index (κ2) is 6.86. The average Bonchev–Trinajstić information content (AvgIpc) is 2.33. The number of halogens is 2. The molecule has 0 fully saturated rings.